The highest BCUT2D eigenvalue weighted by Gasteiger charge is 2.16. The van der Waals surface area contributed by atoms with E-state index < -0.39 is 0 Å². The van der Waals surface area contributed by atoms with Crippen LogP contribution in [0.25, 0.3) is 0 Å². The van der Waals surface area contributed by atoms with Crippen molar-refractivity contribution in [2.24, 2.45) is 0 Å². The molecule has 0 spiro atoms. The molecular formula is C10H26N+. The summed E-state index contributed by atoms with van der Waals surface area (Å²) in [5.41, 5.74) is 0. The van der Waals surface area contributed by atoms with Gasteiger partial charge < -0.3 is 4.48 Å². The second-order valence-electron chi connectivity index (χ2n) is 2.61. The molecule has 70 valence electrons. The van der Waals surface area contributed by atoms with Crippen LogP contribution in [-0.2, 0) is 0 Å². The highest BCUT2D eigenvalue weighted by atomic mass is 15.3. The minimum atomic E-state index is 1.28. The maximum Gasteiger partial charge on any atom is 0.0757 e. The molecule has 0 bridgehead atoms. The van der Waals surface area contributed by atoms with Gasteiger partial charge in [-0.05, 0) is 27.7 Å². The molecule has 11 heavy (non-hydrogen) atoms. The molecular weight excluding hydrogens is 134 g/mol. The first-order chi connectivity index (χ1) is 5.24. The van der Waals surface area contributed by atoms with Crippen LogP contribution in [0, 0.1) is 0 Å². The fraction of sp³-hybridized carbons (Fsp3) is 1.00. The van der Waals surface area contributed by atoms with Gasteiger partial charge in [-0.2, -0.15) is 0 Å². The van der Waals surface area contributed by atoms with Crippen LogP contribution < -0.4 is 0 Å². The van der Waals surface area contributed by atoms with Gasteiger partial charge in [0.25, 0.3) is 0 Å². The van der Waals surface area contributed by atoms with Crippen molar-refractivity contribution < 1.29 is 4.48 Å². The molecule has 0 atom stereocenters. The van der Waals surface area contributed by atoms with Crippen molar-refractivity contribution in [1.29, 1.82) is 0 Å². The van der Waals surface area contributed by atoms with Gasteiger partial charge in [0.05, 0.1) is 26.2 Å². The molecule has 0 saturated carbocycles. The minimum absolute atomic E-state index is 1.28. The molecule has 0 amide bonds. The van der Waals surface area contributed by atoms with Gasteiger partial charge in [-0.25, -0.2) is 0 Å². The fourth-order valence-corrected chi connectivity index (χ4v) is 1.34. The molecule has 0 radical (unpaired) electrons. The molecule has 0 aromatic heterocycles. The topological polar surface area (TPSA) is 0 Å². The zero-order chi connectivity index (χ0) is 9.33. The molecule has 0 aliphatic carbocycles. The Morgan fingerprint density at radius 1 is 0.636 bits per heavy atom. The second-order valence-corrected chi connectivity index (χ2v) is 2.61. The van der Waals surface area contributed by atoms with E-state index in [4.69, 9.17) is 0 Å². The lowest BCUT2D eigenvalue weighted by molar-refractivity contribution is -0.921. The Hall–Kier alpha value is -0.0400. The third-order valence-electron chi connectivity index (χ3n) is 2.68. The van der Waals surface area contributed by atoms with Crippen molar-refractivity contribution in [1.82, 2.24) is 0 Å². The van der Waals surface area contributed by atoms with Crippen LogP contribution in [0.4, 0.5) is 0 Å². The van der Waals surface area contributed by atoms with Crippen molar-refractivity contribution in [2.75, 3.05) is 26.2 Å². The molecule has 0 unspecified atom stereocenters. The lowest BCUT2D eigenvalue weighted by Gasteiger charge is -2.34. The Labute approximate surface area is 73.0 Å². The Morgan fingerprint density at radius 2 is 0.818 bits per heavy atom. The van der Waals surface area contributed by atoms with E-state index in [1.807, 2.05) is 13.8 Å². The van der Waals surface area contributed by atoms with E-state index in [9.17, 15) is 0 Å². The van der Waals surface area contributed by atoms with Crippen molar-refractivity contribution in [3.8, 4) is 0 Å². The van der Waals surface area contributed by atoms with Gasteiger partial charge in [-0.3, -0.25) is 0 Å². The Bertz CT molecular complexity index is 47.8. The van der Waals surface area contributed by atoms with Gasteiger partial charge >= 0.3 is 0 Å². The number of rotatable bonds is 4. The smallest absolute Gasteiger partial charge is 0.0757 e. The van der Waals surface area contributed by atoms with Crippen LogP contribution in [0.15, 0.2) is 0 Å². The first-order valence-corrected chi connectivity index (χ1v) is 5.09. The molecule has 0 aromatic rings. The normalized spacial score (nSPS) is 10.4. The molecule has 0 fully saturated rings. The van der Waals surface area contributed by atoms with Gasteiger partial charge in [-0.1, -0.05) is 13.8 Å². The van der Waals surface area contributed by atoms with E-state index in [2.05, 4.69) is 27.7 Å². The summed E-state index contributed by atoms with van der Waals surface area (Å²) < 4.78 is 1.28. The molecule has 0 aliphatic rings. The van der Waals surface area contributed by atoms with Crippen LogP contribution in [0.3, 0.4) is 0 Å². The molecule has 0 aliphatic heterocycles. The van der Waals surface area contributed by atoms with E-state index in [0.717, 1.165) is 0 Å². The predicted molar refractivity (Wildman–Crippen MR) is 53.8 cm³/mol. The SMILES string of the molecule is CC.CC[N+](CC)(CC)CC. The molecule has 0 aromatic carbocycles. The second kappa shape index (κ2) is 8.06. The maximum atomic E-state index is 2.27. The van der Waals surface area contributed by atoms with Gasteiger partial charge in [0.2, 0.25) is 0 Å². The number of nitrogens with zero attached hydrogens (tertiary/aromatic N) is 1. The quantitative estimate of drug-likeness (QED) is 0.555. The maximum absolute atomic E-state index is 2.27. The van der Waals surface area contributed by atoms with Gasteiger partial charge in [0.1, 0.15) is 0 Å². The summed E-state index contributed by atoms with van der Waals surface area (Å²) >= 11 is 0. The number of hydrogen-bond donors (Lipinski definition) is 0. The van der Waals surface area contributed by atoms with Crippen LogP contribution in [-0.4, -0.2) is 30.7 Å². The third-order valence-corrected chi connectivity index (χ3v) is 2.68. The summed E-state index contributed by atoms with van der Waals surface area (Å²) in [6, 6.07) is 0. The predicted octanol–water partition coefficient (Wildman–Crippen LogP) is 2.91. The Kier molecular flexibility index (Phi) is 9.92. The van der Waals surface area contributed by atoms with Crippen molar-refractivity contribution >= 4 is 0 Å². The van der Waals surface area contributed by atoms with Crippen LogP contribution in [0.1, 0.15) is 41.5 Å². The molecule has 1 nitrogen and oxygen atoms in total. The monoisotopic (exact) mass is 160 g/mol. The molecule has 0 heterocycles. The zero-order valence-electron chi connectivity index (χ0n) is 9.28. The van der Waals surface area contributed by atoms with Crippen molar-refractivity contribution in [3.05, 3.63) is 0 Å². The van der Waals surface area contributed by atoms with E-state index in [1.54, 1.807) is 0 Å². The van der Waals surface area contributed by atoms with Crippen molar-refractivity contribution in [2.45, 2.75) is 41.5 Å². The lowest BCUT2D eigenvalue weighted by atomic mass is 10.3. The van der Waals surface area contributed by atoms with Crippen molar-refractivity contribution in [3.63, 3.8) is 0 Å². The summed E-state index contributed by atoms with van der Waals surface area (Å²) in [4.78, 5) is 0. The standard InChI is InChI=1S/C8H20N.C2H6/c1-5-9(6-2,7-3)8-4;1-2/h5-8H2,1-4H3;1-2H3/q+1;. The molecule has 1 heteroatoms. The lowest BCUT2D eigenvalue weighted by Crippen LogP contribution is -2.47. The highest BCUT2D eigenvalue weighted by Crippen LogP contribution is 2.03. The molecule has 0 saturated heterocycles. The highest BCUT2D eigenvalue weighted by molar-refractivity contribution is 4.31. The minimum Gasteiger partial charge on any atom is -0.325 e. The van der Waals surface area contributed by atoms with Gasteiger partial charge in [-0.15, -0.1) is 0 Å². The van der Waals surface area contributed by atoms with Crippen LogP contribution in [0.5, 0.6) is 0 Å². The summed E-state index contributed by atoms with van der Waals surface area (Å²) in [7, 11) is 0. The molecule has 0 N–H and O–H groups in total. The Balaban J connectivity index is 0. The third kappa shape index (κ3) is 4.41. The van der Waals surface area contributed by atoms with Gasteiger partial charge in [0.15, 0.2) is 0 Å². The van der Waals surface area contributed by atoms with Crippen LogP contribution >= 0.6 is 0 Å². The van der Waals surface area contributed by atoms with E-state index in [0.29, 0.717) is 0 Å². The molecule has 0 rings (SSSR count). The van der Waals surface area contributed by atoms with E-state index in [1.165, 1.54) is 30.7 Å². The van der Waals surface area contributed by atoms with E-state index in [-0.39, 0.29) is 0 Å². The van der Waals surface area contributed by atoms with E-state index >= 15 is 0 Å². The first-order valence-electron chi connectivity index (χ1n) is 5.09. The average molecular weight is 160 g/mol. The Morgan fingerprint density at radius 3 is 0.818 bits per heavy atom. The van der Waals surface area contributed by atoms with Gasteiger partial charge in [0, 0.05) is 0 Å². The summed E-state index contributed by atoms with van der Waals surface area (Å²) in [6.07, 6.45) is 0. The fourth-order valence-electron chi connectivity index (χ4n) is 1.34. The van der Waals surface area contributed by atoms with Crippen LogP contribution in [0.2, 0.25) is 0 Å². The average Bonchev–Trinajstić information content (AvgIpc) is 2.13. The zero-order valence-corrected chi connectivity index (χ0v) is 9.28. The summed E-state index contributed by atoms with van der Waals surface area (Å²) in [5, 5.41) is 0. The number of quaternary nitrogens is 1. The number of hydrogen-bond acceptors (Lipinski definition) is 0. The first kappa shape index (κ1) is 13.5. The summed E-state index contributed by atoms with van der Waals surface area (Å²) in [6.45, 7) is 18.2. The largest absolute Gasteiger partial charge is 0.325 e. The summed E-state index contributed by atoms with van der Waals surface area (Å²) in [5.74, 6) is 0.